The summed E-state index contributed by atoms with van der Waals surface area (Å²) < 4.78 is 0. The maximum Gasteiger partial charge on any atom is 0.303 e. The van der Waals surface area contributed by atoms with E-state index in [1.807, 2.05) is 30.3 Å². The molecule has 2 rings (SSSR count). The van der Waals surface area contributed by atoms with Crippen LogP contribution in [0.4, 0.5) is 0 Å². The topological polar surface area (TPSA) is 50.2 Å². The van der Waals surface area contributed by atoms with E-state index >= 15 is 0 Å². The highest BCUT2D eigenvalue weighted by Gasteiger charge is 2.15. The number of carboxylic acids is 1. The van der Waals surface area contributed by atoms with Gasteiger partial charge in [-0.3, -0.25) is 4.79 Å². The Morgan fingerprint density at radius 1 is 1.32 bits per heavy atom. The maximum atomic E-state index is 10.7. The third-order valence-corrected chi connectivity index (χ3v) is 4.04. The quantitative estimate of drug-likeness (QED) is 0.898. The number of hydrogen-bond acceptors (Lipinski definition) is 3. The Balaban J connectivity index is 2.32. The molecule has 0 saturated carbocycles. The predicted octanol–water partition coefficient (Wildman–Crippen LogP) is 3.95. The van der Waals surface area contributed by atoms with Crippen LogP contribution in [0.3, 0.4) is 0 Å². The van der Waals surface area contributed by atoms with Crippen LogP contribution in [0.25, 0.3) is 10.6 Å². The number of hydrogen-bond donors (Lipinski definition) is 1. The number of thiazole rings is 1. The fourth-order valence-corrected chi connectivity index (χ4v) is 3.14. The number of carboxylic acid groups (broad SMARTS) is 1. The molecule has 1 aromatic carbocycles. The molecule has 0 bridgehead atoms. The molecule has 4 heteroatoms. The van der Waals surface area contributed by atoms with Gasteiger partial charge in [-0.25, -0.2) is 4.98 Å². The van der Waals surface area contributed by atoms with Crippen LogP contribution in [-0.4, -0.2) is 16.1 Å². The number of aryl methyl sites for hydroxylation is 1. The summed E-state index contributed by atoms with van der Waals surface area (Å²) in [5, 5.41) is 9.79. The van der Waals surface area contributed by atoms with E-state index in [9.17, 15) is 4.79 Å². The number of carbonyl (C=O) groups is 1. The van der Waals surface area contributed by atoms with E-state index in [1.54, 1.807) is 11.3 Å². The summed E-state index contributed by atoms with van der Waals surface area (Å²) in [6, 6.07) is 10.0. The van der Waals surface area contributed by atoms with Crippen LogP contribution in [0.1, 0.15) is 36.8 Å². The molecule has 0 aliphatic carbocycles. The second kappa shape index (κ2) is 5.97. The molecule has 100 valence electrons. The third-order valence-electron chi connectivity index (χ3n) is 2.86. The van der Waals surface area contributed by atoms with Crippen LogP contribution < -0.4 is 0 Å². The average Bonchev–Trinajstić information content (AvgIpc) is 2.81. The number of nitrogens with zero attached hydrogens (tertiary/aromatic N) is 1. The SMILES string of the molecule is CC(C)c1nc(-c2ccccc2)sc1CCC(=O)O. The van der Waals surface area contributed by atoms with Crippen LogP contribution in [0.15, 0.2) is 30.3 Å². The second-order valence-corrected chi connectivity index (χ2v) is 5.83. The summed E-state index contributed by atoms with van der Waals surface area (Å²) in [7, 11) is 0. The molecule has 1 heterocycles. The zero-order valence-electron chi connectivity index (χ0n) is 11.1. The minimum atomic E-state index is -0.760. The van der Waals surface area contributed by atoms with Gasteiger partial charge in [-0.1, -0.05) is 44.2 Å². The molecule has 0 spiro atoms. The highest BCUT2D eigenvalue weighted by Crippen LogP contribution is 2.32. The van der Waals surface area contributed by atoms with Crippen molar-refractivity contribution in [3.05, 3.63) is 40.9 Å². The minimum absolute atomic E-state index is 0.163. The molecule has 0 aliphatic rings. The summed E-state index contributed by atoms with van der Waals surface area (Å²) >= 11 is 1.61. The van der Waals surface area contributed by atoms with Gasteiger partial charge in [0.05, 0.1) is 12.1 Å². The summed E-state index contributed by atoms with van der Waals surface area (Å²) in [6.07, 6.45) is 0.726. The lowest BCUT2D eigenvalue weighted by Gasteiger charge is -2.03. The van der Waals surface area contributed by atoms with Crippen molar-refractivity contribution in [2.24, 2.45) is 0 Å². The first-order valence-corrected chi connectivity index (χ1v) is 7.16. The molecule has 2 aromatic rings. The van der Waals surface area contributed by atoms with Crippen LogP contribution >= 0.6 is 11.3 Å². The van der Waals surface area contributed by atoms with E-state index in [1.165, 1.54) is 0 Å². The van der Waals surface area contributed by atoms with E-state index in [0.29, 0.717) is 12.3 Å². The Kier molecular flexibility index (Phi) is 4.32. The lowest BCUT2D eigenvalue weighted by atomic mass is 10.1. The first-order chi connectivity index (χ1) is 9.08. The van der Waals surface area contributed by atoms with Crippen molar-refractivity contribution in [2.75, 3.05) is 0 Å². The molecule has 0 aliphatic heterocycles. The van der Waals surface area contributed by atoms with Gasteiger partial charge in [-0.05, 0) is 12.3 Å². The Bertz CT molecular complexity index is 561. The van der Waals surface area contributed by atoms with E-state index in [2.05, 4.69) is 18.8 Å². The van der Waals surface area contributed by atoms with Crippen LogP contribution in [0, 0.1) is 0 Å². The van der Waals surface area contributed by atoms with Crippen molar-refractivity contribution in [3.63, 3.8) is 0 Å². The van der Waals surface area contributed by atoms with Crippen molar-refractivity contribution < 1.29 is 9.90 Å². The van der Waals surface area contributed by atoms with Gasteiger partial charge in [-0.15, -0.1) is 11.3 Å². The molecular formula is C15H17NO2S. The van der Waals surface area contributed by atoms with Crippen LogP contribution in [-0.2, 0) is 11.2 Å². The highest BCUT2D eigenvalue weighted by molar-refractivity contribution is 7.15. The van der Waals surface area contributed by atoms with Gasteiger partial charge in [0.2, 0.25) is 0 Å². The maximum absolute atomic E-state index is 10.7. The van der Waals surface area contributed by atoms with Crippen molar-refractivity contribution >= 4 is 17.3 Å². The highest BCUT2D eigenvalue weighted by atomic mass is 32.1. The van der Waals surface area contributed by atoms with Gasteiger partial charge in [0, 0.05) is 10.4 Å². The van der Waals surface area contributed by atoms with E-state index in [0.717, 1.165) is 21.1 Å². The van der Waals surface area contributed by atoms with Gasteiger partial charge >= 0.3 is 5.97 Å². The van der Waals surface area contributed by atoms with Crippen molar-refractivity contribution in [1.29, 1.82) is 0 Å². The van der Waals surface area contributed by atoms with Gasteiger partial charge in [-0.2, -0.15) is 0 Å². The smallest absolute Gasteiger partial charge is 0.303 e. The summed E-state index contributed by atoms with van der Waals surface area (Å²) in [5.41, 5.74) is 2.13. The standard InChI is InChI=1S/C15H17NO2S/c1-10(2)14-12(8-9-13(17)18)19-15(16-14)11-6-4-3-5-7-11/h3-7,10H,8-9H2,1-2H3,(H,17,18). The zero-order chi connectivity index (χ0) is 13.8. The number of benzene rings is 1. The zero-order valence-corrected chi connectivity index (χ0v) is 11.9. The number of rotatable bonds is 5. The molecule has 0 fully saturated rings. The van der Waals surface area contributed by atoms with Crippen LogP contribution in [0.5, 0.6) is 0 Å². The Hall–Kier alpha value is -1.68. The second-order valence-electron chi connectivity index (χ2n) is 4.74. The monoisotopic (exact) mass is 275 g/mol. The Morgan fingerprint density at radius 3 is 2.58 bits per heavy atom. The molecule has 19 heavy (non-hydrogen) atoms. The molecule has 1 N–H and O–H groups in total. The van der Waals surface area contributed by atoms with E-state index in [-0.39, 0.29) is 6.42 Å². The lowest BCUT2D eigenvalue weighted by Crippen LogP contribution is -1.99. The average molecular weight is 275 g/mol. The fraction of sp³-hybridized carbons (Fsp3) is 0.333. The third kappa shape index (κ3) is 3.41. The normalized spacial score (nSPS) is 10.9. The fourth-order valence-electron chi connectivity index (χ4n) is 1.92. The summed E-state index contributed by atoms with van der Waals surface area (Å²) in [6.45, 7) is 4.18. The van der Waals surface area contributed by atoms with Crippen molar-refractivity contribution in [2.45, 2.75) is 32.6 Å². The summed E-state index contributed by atoms with van der Waals surface area (Å²) in [5.74, 6) is -0.443. The number of aliphatic carboxylic acids is 1. The lowest BCUT2D eigenvalue weighted by molar-refractivity contribution is -0.136. The molecule has 0 atom stereocenters. The predicted molar refractivity (Wildman–Crippen MR) is 77.6 cm³/mol. The van der Waals surface area contributed by atoms with Gasteiger partial charge in [0.15, 0.2) is 0 Å². The van der Waals surface area contributed by atoms with Gasteiger partial charge in [0.1, 0.15) is 5.01 Å². The molecule has 0 radical (unpaired) electrons. The van der Waals surface area contributed by atoms with E-state index < -0.39 is 5.97 Å². The molecule has 1 aromatic heterocycles. The minimum Gasteiger partial charge on any atom is -0.481 e. The molecule has 0 unspecified atom stereocenters. The first-order valence-electron chi connectivity index (χ1n) is 6.34. The molecule has 0 saturated heterocycles. The Labute approximate surface area is 116 Å². The summed E-state index contributed by atoms with van der Waals surface area (Å²) in [4.78, 5) is 16.5. The number of aromatic nitrogens is 1. The molecule has 0 amide bonds. The van der Waals surface area contributed by atoms with Gasteiger partial charge in [0.25, 0.3) is 0 Å². The van der Waals surface area contributed by atoms with Gasteiger partial charge < -0.3 is 5.11 Å². The largest absolute Gasteiger partial charge is 0.481 e. The first kappa shape index (κ1) is 13.7. The Morgan fingerprint density at radius 2 is 2.00 bits per heavy atom. The van der Waals surface area contributed by atoms with Crippen molar-refractivity contribution in [1.82, 2.24) is 4.98 Å². The van der Waals surface area contributed by atoms with Crippen molar-refractivity contribution in [3.8, 4) is 10.6 Å². The molecular weight excluding hydrogens is 258 g/mol. The molecule has 3 nitrogen and oxygen atoms in total. The van der Waals surface area contributed by atoms with Crippen LogP contribution in [0.2, 0.25) is 0 Å². The van der Waals surface area contributed by atoms with E-state index in [4.69, 9.17) is 5.11 Å².